The van der Waals surface area contributed by atoms with Crippen LogP contribution in [0.3, 0.4) is 0 Å². The van der Waals surface area contributed by atoms with Gasteiger partial charge in [0.2, 0.25) is 0 Å². The molecule has 6 nitrogen and oxygen atoms in total. The van der Waals surface area contributed by atoms with Crippen LogP contribution in [-0.4, -0.2) is 25.5 Å². The monoisotopic (exact) mass is 483 g/mol. The molecule has 5 rings (SSSR count). The molecule has 0 bridgehead atoms. The third-order valence-electron chi connectivity index (χ3n) is 5.17. The molecule has 0 radical (unpaired) electrons. The van der Waals surface area contributed by atoms with E-state index in [0.29, 0.717) is 11.3 Å². The van der Waals surface area contributed by atoms with Crippen LogP contribution >= 0.6 is 15.9 Å². The van der Waals surface area contributed by atoms with Gasteiger partial charge in [-0.05, 0) is 61.0 Å². The molecule has 0 saturated heterocycles. The summed E-state index contributed by atoms with van der Waals surface area (Å²) in [6.07, 6.45) is 5.25. The molecule has 0 aliphatic rings. The summed E-state index contributed by atoms with van der Waals surface area (Å²) in [6, 6.07) is 20.9. The maximum absolute atomic E-state index is 12.7. The first-order valence-electron chi connectivity index (χ1n) is 10.0. The second kappa shape index (κ2) is 8.36. The van der Waals surface area contributed by atoms with E-state index in [-0.39, 0.29) is 5.91 Å². The lowest BCUT2D eigenvalue weighted by Gasteiger charge is -2.09. The Bertz CT molecular complexity index is 1450. The minimum Gasteiger partial charge on any atom is -0.322 e. The van der Waals surface area contributed by atoms with Crippen molar-refractivity contribution in [3.8, 4) is 22.5 Å². The second-order valence-electron chi connectivity index (χ2n) is 7.36. The van der Waals surface area contributed by atoms with Crippen LogP contribution in [0, 0.1) is 6.92 Å². The zero-order valence-electron chi connectivity index (χ0n) is 17.2. The Labute approximate surface area is 193 Å². The largest absolute Gasteiger partial charge is 0.322 e. The first kappa shape index (κ1) is 20.1. The summed E-state index contributed by atoms with van der Waals surface area (Å²) in [4.78, 5) is 21.3. The Morgan fingerprint density at radius 3 is 2.59 bits per heavy atom. The molecular formula is C25H18BrN5O. The molecule has 0 unspecified atom stereocenters. The lowest BCUT2D eigenvalue weighted by molar-refractivity contribution is 0.102. The standard InChI is InChI=1S/C25H18BrN5O/c1-16-13-19(5-6-21(16)26)25(32)29-20-4-2-3-18(14-20)23-9-12-28-24-15-22(30-31(23)24)17-7-10-27-11-8-17/h2-15H,1H3,(H,29,32). The third-order valence-corrected chi connectivity index (χ3v) is 6.06. The third kappa shape index (κ3) is 3.90. The number of nitrogens with one attached hydrogen (secondary N) is 1. The van der Waals surface area contributed by atoms with Gasteiger partial charge >= 0.3 is 0 Å². The van der Waals surface area contributed by atoms with Gasteiger partial charge in [0.15, 0.2) is 5.65 Å². The Morgan fingerprint density at radius 1 is 0.938 bits per heavy atom. The van der Waals surface area contributed by atoms with E-state index < -0.39 is 0 Å². The van der Waals surface area contributed by atoms with Crippen LogP contribution in [0.5, 0.6) is 0 Å². The summed E-state index contributed by atoms with van der Waals surface area (Å²) >= 11 is 3.47. The molecule has 1 amide bonds. The van der Waals surface area contributed by atoms with Crippen molar-refractivity contribution in [3.05, 3.63) is 101 Å². The number of hydrogen-bond acceptors (Lipinski definition) is 4. The molecule has 0 atom stereocenters. The Hall–Kier alpha value is -3.84. The molecule has 0 aliphatic carbocycles. The summed E-state index contributed by atoms with van der Waals surface area (Å²) in [5.74, 6) is -0.156. The molecule has 5 aromatic rings. The van der Waals surface area contributed by atoms with E-state index in [4.69, 9.17) is 5.10 Å². The molecule has 7 heteroatoms. The number of aromatic nitrogens is 4. The Morgan fingerprint density at radius 2 is 1.78 bits per heavy atom. The second-order valence-corrected chi connectivity index (χ2v) is 8.22. The Kier molecular flexibility index (Phi) is 5.25. The van der Waals surface area contributed by atoms with Crippen LogP contribution in [0.25, 0.3) is 28.2 Å². The van der Waals surface area contributed by atoms with Crippen molar-refractivity contribution in [1.82, 2.24) is 19.6 Å². The number of rotatable bonds is 4. The van der Waals surface area contributed by atoms with E-state index in [1.165, 1.54) is 0 Å². The highest BCUT2D eigenvalue weighted by Gasteiger charge is 2.12. The highest BCUT2D eigenvalue weighted by Crippen LogP contribution is 2.26. The topological polar surface area (TPSA) is 72.2 Å². The summed E-state index contributed by atoms with van der Waals surface area (Å²) in [7, 11) is 0. The minimum atomic E-state index is -0.156. The lowest BCUT2D eigenvalue weighted by Crippen LogP contribution is -2.12. The van der Waals surface area contributed by atoms with Crippen molar-refractivity contribution in [1.29, 1.82) is 0 Å². The molecule has 0 aliphatic heterocycles. The van der Waals surface area contributed by atoms with Gasteiger partial charge in [-0.25, -0.2) is 9.50 Å². The van der Waals surface area contributed by atoms with Crippen molar-refractivity contribution in [2.45, 2.75) is 6.92 Å². The van der Waals surface area contributed by atoms with E-state index in [0.717, 1.165) is 38.2 Å². The normalized spacial score (nSPS) is 10.9. The number of pyridine rings is 1. The number of amides is 1. The van der Waals surface area contributed by atoms with Crippen LogP contribution in [0.1, 0.15) is 15.9 Å². The van der Waals surface area contributed by atoms with Crippen LogP contribution in [0.2, 0.25) is 0 Å². The number of fused-ring (bicyclic) bond motifs is 1. The van der Waals surface area contributed by atoms with E-state index in [2.05, 4.69) is 31.2 Å². The quantitative estimate of drug-likeness (QED) is 0.351. The number of halogens is 1. The van der Waals surface area contributed by atoms with Crippen molar-refractivity contribution < 1.29 is 4.79 Å². The van der Waals surface area contributed by atoms with Crippen LogP contribution in [-0.2, 0) is 0 Å². The smallest absolute Gasteiger partial charge is 0.255 e. The fraction of sp³-hybridized carbons (Fsp3) is 0.0400. The van der Waals surface area contributed by atoms with E-state index >= 15 is 0 Å². The highest BCUT2D eigenvalue weighted by molar-refractivity contribution is 9.10. The number of anilines is 1. The number of nitrogens with zero attached hydrogens (tertiary/aromatic N) is 4. The molecule has 156 valence electrons. The number of carbonyl (C=O) groups excluding carboxylic acids is 1. The summed E-state index contributed by atoms with van der Waals surface area (Å²) < 4.78 is 2.79. The average Bonchev–Trinajstić information content (AvgIpc) is 3.26. The fourth-order valence-electron chi connectivity index (χ4n) is 3.52. The summed E-state index contributed by atoms with van der Waals surface area (Å²) in [5.41, 5.74) is 6.67. The first-order valence-corrected chi connectivity index (χ1v) is 10.8. The molecule has 0 fully saturated rings. The van der Waals surface area contributed by atoms with Gasteiger partial charge in [0.1, 0.15) is 0 Å². The fourth-order valence-corrected chi connectivity index (χ4v) is 3.77. The van der Waals surface area contributed by atoms with Crippen LogP contribution in [0.15, 0.2) is 89.8 Å². The number of hydrogen-bond donors (Lipinski definition) is 1. The van der Waals surface area contributed by atoms with Gasteiger partial charge in [0, 0.05) is 51.5 Å². The van der Waals surface area contributed by atoms with E-state index in [1.807, 2.05) is 72.1 Å². The maximum atomic E-state index is 12.7. The van der Waals surface area contributed by atoms with E-state index in [9.17, 15) is 4.79 Å². The van der Waals surface area contributed by atoms with Gasteiger partial charge in [-0.1, -0.05) is 28.1 Å². The first-order chi connectivity index (χ1) is 15.6. The molecule has 2 aromatic carbocycles. The Balaban J connectivity index is 1.48. The molecule has 3 aromatic heterocycles. The number of benzene rings is 2. The van der Waals surface area contributed by atoms with Crippen molar-refractivity contribution in [2.24, 2.45) is 0 Å². The molecule has 3 heterocycles. The number of aryl methyl sites for hydroxylation is 1. The van der Waals surface area contributed by atoms with Gasteiger partial charge < -0.3 is 5.32 Å². The molecule has 0 saturated carbocycles. The molecule has 0 spiro atoms. The molecule has 1 N–H and O–H groups in total. The minimum absolute atomic E-state index is 0.156. The van der Waals surface area contributed by atoms with Crippen molar-refractivity contribution >= 4 is 33.2 Å². The van der Waals surface area contributed by atoms with Crippen molar-refractivity contribution in [3.63, 3.8) is 0 Å². The van der Waals surface area contributed by atoms with E-state index in [1.54, 1.807) is 24.7 Å². The SMILES string of the molecule is Cc1cc(C(=O)Nc2cccc(-c3ccnc4cc(-c5ccncc5)nn34)c2)ccc1Br. The van der Waals surface area contributed by atoms with Gasteiger partial charge in [-0.3, -0.25) is 9.78 Å². The molecular weight excluding hydrogens is 466 g/mol. The van der Waals surface area contributed by atoms with Crippen molar-refractivity contribution in [2.75, 3.05) is 5.32 Å². The lowest BCUT2D eigenvalue weighted by atomic mass is 10.1. The maximum Gasteiger partial charge on any atom is 0.255 e. The zero-order valence-corrected chi connectivity index (χ0v) is 18.7. The van der Waals surface area contributed by atoms with Gasteiger partial charge in [0.05, 0.1) is 11.4 Å². The zero-order chi connectivity index (χ0) is 22.1. The highest BCUT2D eigenvalue weighted by atomic mass is 79.9. The average molecular weight is 484 g/mol. The molecule has 32 heavy (non-hydrogen) atoms. The van der Waals surface area contributed by atoms with Gasteiger partial charge in [-0.15, -0.1) is 0 Å². The van der Waals surface area contributed by atoms with Crippen LogP contribution < -0.4 is 5.32 Å². The summed E-state index contributed by atoms with van der Waals surface area (Å²) in [6.45, 7) is 1.96. The predicted molar refractivity (Wildman–Crippen MR) is 128 cm³/mol. The summed E-state index contributed by atoms with van der Waals surface area (Å²) in [5, 5.41) is 7.74. The van der Waals surface area contributed by atoms with Gasteiger partial charge in [-0.2, -0.15) is 5.10 Å². The number of carbonyl (C=O) groups is 1. The predicted octanol–water partition coefficient (Wildman–Crippen LogP) is 5.78. The van der Waals surface area contributed by atoms with Crippen LogP contribution in [0.4, 0.5) is 5.69 Å². The van der Waals surface area contributed by atoms with Gasteiger partial charge in [0.25, 0.3) is 5.91 Å².